The summed E-state index contributed by atoms with van der Waals surface area (Å²) in [5.41, 5.74) is 1.39. The van der Waals surface area contributed by atoms with Crippen molar-refractivity contribution in [3.05, 3.63) is 64.9 Å². The lowest BCUT2D eigenvalue weighted by atomic mass is 10.2. The summed E-state index contributed by atoms with van der Waals surface area (Å²) in [6, 6.07) is 12.9. The van der Waals surface area contributed by atoms with E-state index in [1.54, 1.807) is 36.4 Å². The van der Waals surface area contributed by atoms with Gasteiger partial charge in [0.15, 0.2) is 0 Å². The lowest BCUT2D eigenvalue weighted by molar-refractivity contribution is -0.121. The topological polar surface area (TPSA) is 49.4 Å². The Bertz CT molecular complexity index is 719. The van der Waals surface area contributed by atoms with Crippen molar-refractivity contribution in [3.8, 4) is 0 Å². The molecule has 2 amide bonds. The minimum Gasteiger partial charge on any atom is -0.352 e. The van der Waals surface area contributed by atoms with Crippen LogP contribution in [0.3, 0.4) is 0 Å². The molecule has 0 spiro atoms. The number of carbonyl (C=O) groups excluding carboxylic acids is 2. The minimum atomic E-state index is -0.318. The Hall–Kier alpha value is -2.40. The van der Waals surface area contributed by atoms with Gasteiger partial charge in [-0.05, 0) is 29.8 Å². The molecule has 0 aliphatic rings. The summed E-state index contributed by atoms with van der Waals surface area (Å²) in [4.78, 5) is 25.3. The molecule has 2 aromatic carbocycles. The number of hydrogen-bond acceptors (Lipinski definition) is 2. The maximum Gasteiger partial charge on any atom is 0.223 e. The number of carbonyl (C=O) groups is 2. The molecule has 0 bridgehead atoms. The fraction of sp³-hybridized carbons (Fsp3) is 0.222. The molecule has 0 atom stereocenters. The van der Waals surface area contributed by atoms with Crippen molar-refractivity contribution in [1.82, 2.24) is 5.32 Å². The lowest BCUT2D eigenvalue weighted by Gasteiger charge is -2.22. The van der Waals surface area contributed by atoms with E-state index in [1.807, 2.05) is 0 Å². The summed E-state index contributed by atoms with van der Waals surface area (Å²) < 4.78 is 12.8. The summed E-state index contributed by atoms with van der Waals surface area (Å²) in [6.45, 7) is 1.97. The molecule has 0 aromatic heterocycles. The van der Waals surface area contributed by atoms with Crippen molar-refractivity contribution in [3.63, 3.8) is 0 Å². The first-order chi connectivity index (χ1) is 11.5. The van der Waals surface area contributed by atoms with Crippen molar-refractivity contribution in [1.29, 1.82) is 0 Å². The van der Waals surface area contributed by atoms with Crippen LogP contribution < -0.4 is 10.2 Å². The lowest BCUT2D eigenvalue weighted by Crippen LogP contribution is -2.33. The first-order valence-electron chi connectivity index (χ1n) is 7.51. The van der Waals surface area contributed by atoms with Crippen LogP contribution in [-0.4, -0.2) is 18.4 Å². The summed E-state index contributed by atoms with van der Waals surface area (Å²) >= 11 is 6.11. The van der Waals surface area contributed by atoms with Gasteiger partial charge in [0.1, 0.15) is 5.82 Å². The monoisotopic (exact) mass is 348 g/mol. The van der Waals surface area contributed by atoms with Gasteiger partial charge in [-0.3, -0.25) is 9.59 Å². The van der Waals surface area contributed by atoms with Gasteiger partial charge in [-0.2, -0.15) is 0 Å². The molecule has 2 rings (SSSR count). The van der Waals surface area contributed by atoms with E-state index >= 15 is 0 Å². The standard InChI is InChI=1S/C18H18ClFN2O2/c1-13(23)22(17-5-3-2-4-16(17)19)11-10-18(24)21-12-14-6-8-15(20)9-7-14/h2-9H,10-12H2,1H3,(H,21,24). The molecular weight excluding hydrogens is 331 g/mol. The Kier molecular flexibility index (Phi) is 6.32. The Morgan fingerprint density at radius 1 is 1.12 bits per heavy atom. The van der Waals surface area contributed by atoms with Crippen molar-refractivity contribution in [2.45, 2.75) is 19.9 Å². The van der Waals surface area contributed by atoms with Gasteiger partial charge in [0, 0.05) is 26.4 Å². The molecule has 126 valence electrons. The zero-order valence-corrected chi connectivity index (χ0v) is 14.0. The third-order valence-corrected chi connectivity index (χ3v) is 3.81. The Labute approximate surface area is 145 Å². The highest BCUT2D eigenvalue weighted by atomic mass is 35.5. The number of nitrogens with zero attached hydrogens (tertiary/aromatic N) is 1. The average Bonchev–Trinajstić information content (AvgIpc) is 2.56. The van der Waals surface area contributed by atoms with Crippen molar-refractivity contribution in [2.24, 2.45) is 0 Å². The van der Waals surface area contributed by atoms with Crippen LogP contribution >= 0.6 is 11.6 Å². The maximum absolute atomic E-state index is 12.8. The summed E-state index contributed by atoms with van der Waals surface area (Å²) in [5, 5.41) is 3.20. The fourth-order valence-electron chi connectivity index (χ4n) is 2.22. The molecule has 0 aliphatic heterocycles. The molecule has 0 aliphatic carbocycles. The predicted molar refractivity (Wildman–Crippen MR) is 92.3 cm³/mol. The molecule has 1 N–H and O–H groups in total. The first-order valence-corrected chi connectivity index (χ1v) is 7.89. The number of amides is 2. The highest BCUT2D eigenvalue weighted by molar-refractivity contribution is 6.33. The number of rotatable bonds is 6. The van der Waals surface area contributed by atoms with Gasteiger partial charge in [-0.25, -0.2) is 4.39 Å². The smallest absolute Gasteiger partial charge is 0.223 e. The SMILES string of the molecule is CC(=O)N(CCC(=O)NCc1ccc(F)cc1)c1ccccc1Cl. The van der Waals surface area contributed by atoms with E-state index in [0.29, 0.717) is 17.3 Å². The number of hydrogen-bond donors (Lipinski definition) is 1. The Balaban J connectivity index is 1.90. The van der Waals surface area contributed by atoms with E-state index in [2.05, 4.69) is 5.32 Å². The van der Waals surface area contributed by atoms with E-state index in [4.69, 9.17) is 11.6 Å². The molecule has 2 aromatic rings. The second-order valence-corrected chi connectivity index (χ2v) is 5.68. The van der Waals surface area contributed by atoms with Crippen LogP contribution in [0, 0.1) is 5.82 Å². The van der Waals surface area contributed by atoms with Gasteiger partial charge in [-0.15, -0.1) is 0 Å². The number of anilines is 1. The molecule has 0 heterocycles. The first kappa shape index (κ1) is 17.9. The van der Waals surface area contributed by atoms with Crippen LogP contribution in [0.25, 0.3) is 0 Å². The molecule has 0 radical (unpaired) electrons. The molecule has 0 fully saturated rings. The highest BCUT2D eigenvalue weighted by Crippen LogP contribution is 2.25. The largest absolute Gasteiger partial charge is 0.352 e. The molecule has 0 saturated heterocycles. The molecule has 4 nitrogen and oxygen atoms in total. The van der Waals surface area contributed by atoms with Crippen LogP contribution in [0.4, 0.5) is 10.1 Å². The van der Waals surface area contributed by atoms with Crippen LogP contribution in [0.5, 0.6) is 0 Å². The highest BCUT2D eigenvalue weighted by Gasteiger charge is 2.15. The minimum absolute atomic E-state index is 0.145. The van der Waals surface area contributed by atoms with Gasteiger partial charge in [0.05, 0.1) is 10.7 Å². The van der Waals surface area contributed by atoms with Gasteiger partial charge in [-0.1, -0.05) is 35.9 Å². The summed E-state index contributed by atoms with van der Waals surface area (Å²) in [6.07, 6.45) is 0.145. The summed E-state index contributed by atoms with van der Waals surface area (Å²) in [5.74, 6) is -0.700. The van der Waals surface area contributed by atoms with Crippen LogP contribution in [0.1, 0.15) is 18.9 Å². The number of benzene rings is 2. The number of para-hydroxylation sites is 1. The summed E-state index contributed by atoms with van der Waals surface area (Å²) in [7, 11) is 0. The van der Waals surface area contributed by atoms with Crippen molar-refractivity contribution in [2.75, 3.05) is 11.4 Å². The van der Waals surface area contributed by atoms with E-state index in [1.165, 1.54) is 24.0 Å². The third kappa shape index (κ3) is 5.06. The van der Waals surface area contributed by atoms with Gasteiger partial charge >= 0.3 is 0 Å². The number of halogens is 2. The average molecular weight is 349 g/mol. The second kappa shape index (κ2) is 8.45. The zero-order chi connectivity index (χ0) is 17.5. The van der Waals surface area contributed by atoms with Crippen LogP contribution in [0.2, 0.25) is 5.02 Å². The number of nitrogens with one attached hydrogen (secondary N) is 1. The van der Waals surface area contributed by atoms with Crippen molar-refractivity contribution < 1.29 is 14.0 Å². The Morgan fingerprint density at radius 2 is 1.79 bits per heavy atom. The molecule has 6 heteroatoms. The van der Waals surface area contributed by atoms with E-state index in [-0.39, 0.29) is 30.6 Å². The quantitative estimate of drug-likeness (QED) is 0.868. The van der Waals surface area contributed by atoms with Crippen LogP contribution in [0.15, 0.2) is 48.5 Å². The van der Waals surface area contributed by atoms with E-state index in [9.17, 15) is 14.0 Å². The molecule has 24 heavy (non-hydrogen) atoms. The Morgan fingerprint density at radius 3 is 2.42 bits per heavy atom. The second-order valence-electron chi connectivity index (χ2n) is 5.28. The molecule has 0 saturated carbocycles. The van der Waals surface area contributed by atoms with Gasteiger partial charge in [0.2, 0.25) is 11.8 Å². The normalized spacial score (nSPS) is 10.3. The maximum atomic E-state index is 12.8. The molecule has 0 unspecified atom stereocenters. The van der Waals surface area contributed by atoms with Gasteiger partial charge < -0.3 is 10.2 Å². The fourth-order valence-corrected chi connectivity index (χ4v) is 2.46. The predicted octanol–water partition coefficient (Wildman–Crippen LogP) is 3.54. The molecular formula is C18H18ClFN2O2. The van der Waals surface area contributed by atoms with E-state index in [0.717, 1.165) is 5.56 Å². The third-order valence-electron chi connectivity index (χ3n) is 3.49. The van der Waals surface area contributed by atoms with Crippen LogP contribution in [-0.2, 0) is 16.1 Å². The van der Waals surface area contributed by atoms with E-state index < -0.39 is 0 Å². The van der Waals surface area contributed by atoms with Crippen molar-refractivity contribution >= 4 is 29.1 Å². The zero-order valence-electron chi connectivity index (χ0n) is 13.3. The van der Waals surface area contributed by atoms with Gasteiger partial charge in [0.25, 0.3) is 0 Å².